The average molecular weight is 879 g/mol. The van der Waals surface area contributed by atoms with Gasteiger partial charge in [-0.3, -0.25) is 14.4 Å². The van der Waals surface area contributed by atoms with Gasteiger partial charge in [0.2, 0.25) is 0 Å². The van der Waals surface area contributed by atoms with Crippen molar-refractivity contribution in [2.45, 2.75) is 258 Å². The van der Waals surface area contributed by atoms with Crippen LogP contribution in [0.2, 0.25) is 0 Å². The zero-order chi connectivity index (χ0) is 45.8. The quantitative estimate of drug-likeness (QED) is 0.0262. The van der Waals surface area contributed by atoms with Crippen molar-refractivity contribution in [1.29, 1.82) is 0 Å². The fourth-order valence-electron chi connectivity index (χ4n) is 7.29. The summed E-state index contributed by atoms with van der Waals surface area (Å²) >= 11 is 0. The van der Waals surface area contributed by atoms with Gasteiger partial charge in [-0.15, -0.1) is 0 Å². The maximum Gasteiger partial charge on any atom is 0.306 e. The second kappa shape index (κ2) is 51.5. The van der Waals surface area contributed by atoms with E-state index in [2.05, 4.69) is 87.6 Å². The lowest BCUT2D eigenvalue weighted by molar-refractivity contribution is -0.166. The molecule has 0 aliphatic rings. The molecule has 0 aromatic rings. The highest BCUT2D eigenvalue weighted by Crippen LogP contribution is 2.15. The Morgan fingerprint density at radius 3 is 0.968 bits per heavy atom. The number of rotatable bonds is 47. The SMILES string of the molecule is CC/C=C\C/C=C\C/C=C\C/C=C\C/C=C\C/C=C\CCC(=O)OC[C@@H](COC(=O)CCCCCCCCCCCCC)OC(=O)CCCCCCCCCCCCCCCCC. The van der Waals surface area contributed by atoms with E-state index in [1.165, 1.54) is 128 Å². The molecule has 0 N–H and O–H groups in total. The standard InChI is InChI=1S/C57H98O6/c1-4-7-10-13-16-19-22-24-26-27-28-29-31-32-35-38-41-44-47-50-56(59)62-53-54(52-61-55(58)49-46-43-40-37-34-21-18-15-12-9-6-3)63-57(60)51-48-45-42-39-36-33-30-25-23-20-17-14-11-8-5-2/h7,10,16,19,24,26,28-29,32,35,41,44,54H,4-6,8-9,11-15,17-18,20-23,25,27,30-31,33-34,36-40,42-43,45-53H2,1-3H3/b10-7-,19-16-,26-24-,29-28-,35-32-,44-41-/t54-/m1/s1. The molecular formula is C57H98O6. The van der Waals surface area contributed by atoms with Gasteiger partial charge in [-0.25, -0.2) is 0 Å². The molecule has 0 amide bonds. The molecule has 0 radical (unpaired) electrons. The molecule has 0 fully saturated rings. The monoisotopic (exact) mass is 879 g/mol. The van der Waals surface area contributed by atoms with Crippen molar-refractivity contribution >= 4 is 17.9 Å². The van der Waals surface area contributed by atoms with Gasteiger partial charge in [0.25, 0.3) is 0 Å². The molecule has 0 aliphatic heterocycles. The van der Waals surface area contributed by atoms with Crippen LogP contribution in [0.5, 0.6) is 0 Å². The highest BCUT2D eigenvalue weighted by Gasteiger charge is 2.19. The summed E-state index contributed by atoms with van der Waals surface area (Å²) < 4.78 is 16.7. The van der Waals surface area contributed by atoms with Gasteiger partial charge >= 0.3 is 17.9 Å². The predicted octanol–water partition coefficient (Wildman–Crippen LogP) is 17.4. The summed E-state index contributed by atoms with van der Waals surface area (Å²) in [4.78, 5) is 37.9. The molecule has 6 nitrogen and oxygen atoms in total. The van der Waals surface area contributed by atoms with Crippen LogP contribution in [0.15, 0.2) is 72.9 Å². The van der Waals surface area contributed by atoms with Gasteiger partial charge in [0.1, 0.15) is 13.2 Å². The van der Waals surface area contributed by atoms with E-state index in [0.29, 0.717) is 19.3 Å². The van der Waals surface area contributed by atoms with Gasteiger partial charge in [-0.2, -0.15) is 0 Å². The lowest BCUT2D eigenvalue weighted by Crippen LogP contribution is -2.30. The van der Waals surface area contributed by atoms with Crippen molar-refractivity contribution in [3.63, 3.8) is 0 Å². The van der Waals surface area contributed by atoms with Crippen LogP contribution >= 0.6 is 0 Å². The number of hydrogen-bond acceptors (Lipinski definition) is 6. The molecule has 0 saturated carbocycles. The number of carbonyl (C=O) groups is 3. The first-order chi connectivity index (χ1) is 31.0. The van der Waals surface area contributed by atoms with Gasteiger partial charge in [-0.1, -0.05) is 248 Å². The molecule has 0 saturated heterocycles. The maximum absolute atomic E-state index is 12.8. The molecule has 6 heteroatoms. The molecule has 1 atom stereocenters. The van der Waals surface area contributed by atoms with Crippen LogP contribution < -0.4 is 0 Å². The summed E-state index contributed by atoms with van der Waals surface area (Å²) in [6, 6.07) is 0. The minimum Gasteiger partial charge on any atom is -0.462 e. The second-order valence-electron chi connectivity index (χ2n) is 17.4. The Morgan fingerprint density at radius 2 is 0.619 bits per heavy atom. The van der Waals surface area contributed by atoms with Gasteiger partial charge in [0.15, 0.2) is 6.10 Å². The van der Waals surface area contributed by atoms with E-state index < -0.39 is 6.10 Å². The minimum atomic E-state index is -0.801. The Morgan fingerprint density at radius 1 is 0.333 bits per heavy atom. The Labute approximate surface area is 389 Å². The van der Waals surface area contributed by atoms with Crippen molar-refractivity contribution in [1.82, 2.24) is 0 Å². The number of hydrogen-bond donors (Lipinski definition) is 0. The number of esters is 3. The third kappa shape index (κ3) is 49.7. The van der Waals surface area contributed by atoms with E-state index in [0.717, 1.165) is 77.0 Å². The van der Waals surface area contributed by atoms with Crippen LogP contribution in [0, 0.1) is 0 Å². The van der Waals surface area contributed by atoms with E-state index in [9.17, 15) is 14.4 Å². The number of unbranched alkanes of at least 4 members (excludes halogenated alkanes) is 24. The molecule has 0 heterocycles. The summed E-state index contributed by atoms with van der Waals surface area (Å²) in [6.45, 7) is 6.46. The molecule has 362 valence electrons. The summed E-state index contributed by atoms with van der Waals surface area (Å²) in [6.07, 6.45) is 64.7. The number of ether oxygens (including phenoxy) is 3. The van der Waals surface area contributed by atoms with E-state index >= 15 is 0 Å². The van der Waals surface area contributed by atoms with Crippen LogP contribution in [-0.4, -0.2) is 37.2 Å². The number of allylic oxidation sites excluding steroid dienone is 12. The first-order valence-electron chi connectivity index (χ1n) is 26.4. The molecular weight excluding hydrogens is 781 g/mol. The fraction of sp³-hybridized carbons (Fsp3) is 0.737. The topological polar surface area (TPSA) is 78.9 Å². The molecule has 0 unspecified atom stereocenters. The molecule has 0 spiro atoms. The summed E-state index contributed by atoms with van der Waals surface area (Å²) in [5, 5.41) is 0. The summed E-state index contributed by atoms with van der Waals surface area (Å²) in [5.74, 6) is -0.978. The van der Waals surface area contributed by atoms with Gasteiger partial charge in [0.05, 0.1) is 0 Å². The molecule has 0 aromatic heterocycles. The van der Waals surface area contributed by atoms with E-state index in [1.807, 2.05) is 6.08 Å². The first kappa shape index (κ1) is 59.9. The van der Waals surface area contributed by atoms with Crippen molar-refractivity contribution in [2.24, 2.45) is 0 Å². The molecule has 0 bridgehead atoms. The van der Waals surface area contributed by atoms with Crippen molar-refractivity contribution in [2.75, 3.05) is 13.2 Å². The molecule has 63 heavy (non-hydrogen) atoms. The maximum atomic E-state index is 12.8. The third-order valence-corrected chi connectivity index (χ3v) is 11.2. The zero-order valence-electron chi connectivity index (χ0n) is 41.3. The second-order valence-corrected chi connectivity index (χ2v) is 17.4. The van der Waals surface area contributed by atoms with Crippen LogP contribution in [0.4, 0.5) is 0 Å². The van der Waals surface area contributed by atoms with Gasteiger partial charge < -0.3 is 14.2 Å². The lowest BCUT2D eigenvalue weighted by atomic mass is 10.0. The Bertz CT molecular complexity index is 1190. The van der Waals surface area contributed by atoms with E-state index in [-0.39, 0.29) is 37.5 Å². The lowest BCUT2D eigenvalue weighted by Gasteiger charge is -2.18. The Hall–Kier alpha value is -3.15. The highest BCUT2D eigenvalue weighted by atomic mass is 16.6. The number of carbonyl (C=O) groups excluding carboxylic acids is 3. The smallest absolute Gasteiger partial charge is 0.306 e. The normalized spacial score (nSPS) is 12.6. The first-order valence-corrected chi connectivity index (χ1v) is 26.4. The molecule has 0 aromatic carbocycles. The summed E-state index contributed by atoms with van der Waals surface area (Å²) in [7, 11) is 0. The van der Waals surface area contributed by atoms with E-state index in [1.54, 1.807) is 0 Å². The van der Waals surface area contributed by atoms with Crippen molar-refractivity contribution < 1.29 is 28.6 Å². The predicted molar refractivity (Wildman–Crippen MR) is 270 cm³/mol. The Kier molecular flexibility index (Phi) is 48.9. The van der Waals surface area contributed by atoms with Crippen molar-refractivity contribution in [3.05, 3.63) is 72.9 Å². The van der Waals surface area contributed by atoms with E-state index in [4.69, 9.17) is 14.2 Å². The Balaban J connectivity index is 4.46. The van der Waals surface area contributed by atoms with Crippen molar-refractivity contribution in [3.8, 4) is 0 Å². The van der Waals surface area contributed by atoms with Crippen LogP contribution in [0.25, 0.3) is 0 Å². The average Bonchev–Trinajstić information content (AvgIpc) is 3.28. The molecule has 0 aliphatic carbocycles. The van der Waals surface area contributed by atoms with Crippen LogP contribution in [0.3, 0.4) is 0 Å². The molecule has 0 rings (SSSR count). The van der Waals surface area contributed by atoms with Crippen LogP contribution in [-0.2, 0) is 28.6 Å². The van der Waals surface area contributed by atoms with Gasteiger partial charge in [-0.05, 0) is 57.8 Å². The van der Waals surface area contributed by atoms with Gasteiger partial charge in [0, 0.05) is 19.3 Å². The zero-order valence-corrected chi connectivity index (χ0v) is 41.3. The largest absolute Gasteiger partial charge is 0.462 e. The highest BCUT2D eigenvalue weighted by molar-refractivity contribution is 5.71. The minimum absolute atomic E-state index is 0.0953. The fourth-order valence-corrected chi connectivity index (χ4v) is 7.29. The van der Waals surface area contributed by atoms with Crippen LogP contribution in [0.1, 0.15) is 252 Å². The summed E-state index contributed by atoms with van der Waals surface area (Å²) in [5.41, 5.74) is 0. The third-order valence-electron chi connectivity index (χ3n) is 11.2.